The normalized spacial score (nSPS) is 14.0. The number of aryl methyl sites for hydroxylation is 2. The first kappa shape index (κ1) is 17.2. The van der Waals surface area contributed by atoms with E-state index in [9.17, 15) is 9.90 Å². The van der Waals surface area contributed by atoms with Crippen molar-refractivity contribution < 1.29 is 9.90 Å². The fourth-order valence-corrected chi connectivity index (χ4v) is 2.19. The highest BCUT2D eigenvalue weighted by molar-refractivity contribution is 6.31. The number of hydrogen-bond acceptors (Lipinski definition) is 3. The first-order valence-electron chi connectivity index (χ1n) is 7.21. The van der Waals surface area contributed by atoms with Crippen molar-refractivity contribution >= 4 is 23.6 Å². The second-order valence-corrected chi connectivity index (χ2v) is 6.14. The number of nitrogens with one attached hydrogen (secondary N) is 1. The summed E-state index contributed by atoms with van der Waals surface area (Å²) in [7, 11) is 1.77. The summed E-state index contributed by atoms with van der Waals surface area (Å²) < 4.78 is 1.60. The Morgan fingerprint density at radius 3 is 2.87 bits per heavy atom. The third-order valence-electron chi connectivity index (χ3n) is 3.56. The Morgan fingerprint density at radius 2 is 2.26 bits per heavy atom. The van der Waals surface area contributed by atoms with Gasteiger partial charge in [-0.1, -0.05) is 23.7 Å². The quantitative estimate of drug-likeness (QED) is 0.826. The summed E-state index contributed by atoms with van der Waals surface area (Å²) in [5.41, 5.74) is 1.30. The van der Waals surface area contributed by atoms with Gasteiger partial charge >= 0.3 is 0 Å². The zero-order valence-corrected chi connectivity index (χ0v) is 14.1. The van der Waals surface area contributed by atoms with E-state index in [1.165, 1.54) is 6.08 Å². The Hall–Kier alpha value is -2.11. The maximum Gasteiger partial charge on any atom is 0.244 e. The Kier molecular flexibility index (Phi) is 5.23. The lowest BCUT2D eigenvalue weighted by atomic mass is 10.00. The van der Waals surface area contributed by atoms with Gasteiger partial charge in [-0.05, 0) is 37.1 Å². The number of aliphatic hydroxyl groups is 1. The molecule has 5 nitrogen and oxygen atoms in total. The summed E-state index contributed by atoms with van der Waals surface area (Å²) in [6.45, 7) is 3.65. The summed E-state index contributed by atoms with van der Waals surface area (Å²) in [4.78, 5) is 11.9. The van der Waals surface area contributed by atoms with E-state index in [4.69, 9.17) is 11.6 Å². The van der Waals surface area contributed by atoms with Gasteiger partial charge in [0.25, 0.3) is 0 Å². The van der Waals surface area contributed by atoms with Crippen LogP contribution in [0, 0.1) is 6.92 Å². The maximum absolute atomic E-state index is 11.9. The van der Waals surface area contributed by atoms with Crippen LogP contribution in [0.2, 0.25) is 5.02 Å². The molecule has 0 fully saturated rings. The van der Waals surface area contributed by atoms with Gasteiger partial charge < -0.3 is 10.4 Å². The van der Waals surface area contributed by atoms with E-state index in [2.05, 4.69) is 10.4 Å². The van der Waals surface area contributed by atoms with Gasteiger partial charge in [0.2, 0.25) is 5.91 Å². The molecule has 0 saturated heterocycles. The van der Waals surface area contributed by atoms with E-state index in [0.717, 1.165) is 11.1 Å². The van der Waals surface area contributed by atoms with E-state index in [1.807, 2.05) is 19.1 Å². The lowest BCUT2D eigenvalue weighted by molar-refractivity contribution is -0.117. The van der Waals surface area contributed by atoms with Gasteiger partial charge in [-0.15, -0.1) is 0 Å². The van der Waals surface area contributed by atoms with E-state index >= 15 is 0 Å². The lowest BCUT2D eigenvalue weighted by Crippen LogP contribution is -2.37. The summed E-state index contributed by atoms with van der Waals surface area (Å²) in [5.74, 6) is -0.286. The Bertz CT molecular complexity index is 735. The first-order chi connectivity index (χ1) is 10.8. The van der Waals surface area contributed by atoms with Crippen LogP contribution in [-0.2, 0) is 17.4 Å². The van der Waals surface area contributed by atoms with Crippen molar-refractivity contribution in [1.82, 2.24) is 15.1 Å². The highest BCUT2D eigenvalue weighted by atomic mass is 35.5. The number of carbonyl (C=O) groups is 1. The van der Waals surface area contributed by atoms with E-state index < -0.39 is 5.60 Å². The maximum atomic E-state index is 11.9. The number of aromatic nitrogens is 2. The largest absolute Gasteiger partial charge is 0.383 e. The fourth-order valence-electron chi connectivity index (χ4n) is 2.00. The first-order valence-corrected chi connectivity index (χ1v) is 7.59. The molecule has 6 heteroatoms. The van der Waals surface area contributed by atoms with Crippen molar-refractivity contribution in [2.75, 3.05) is 6.54 Å². The minimum absolute atomic E-state index is 0.0938. The summed E-state index contributed by atoms with van der Waals surface area (Å²) in [5, 5.41) is 17.7. The van der Waals surface area contributed by atoms with Crippen LogP contribution in [0.25, 0.3) is 6.08 Å². The second kappa shape index (κ2) is 6.98. The Balaban J connectivity index is 1.94. The van der Waals surface area contributed by atoms with E-state index in [1.54, 1.807) is 43.2 Å². The molecular weight excluding hydrogens is 314 g/mol. The van der Waals surface area contributed by atoms with Crippen LogP contribution < -0.4 is 5.32 Å². The molecule has 0 saturated carbocycles. The summed E-state index contributed by atoms with van der Waals surface area (Å²) in [6, 6.07) is 5.58. The average Bonchev–Trinajstić information content (AvgIpc) is 2.94. The van der Waals surface area contributed by atoms with E-state index in [0.29, 0.717) is 10.6 Å². The lowest BCUT2D eigenvalue weighted by Gasteiger charge is -2.21. The second-order valence-electron chi connectivity index (χ2n) is 5.74. The number of amides is 1. The third kappa shape index (κ3) is 4.68. The summed E-state index contributed by atoms with van der Waals surface area (Å²) >= 11 is 6.04. The zero-order valence-electron chi connectivity index (χ0n) is 13.4. The average molecular weight is 334 g/mol. The molecule has 0 spiro atoms. The van der Waals surface area contributed by atoms with Gasteiger partial charge in [0, 0.05) is 29.9 Å². The Labute approximate surface area is 140 Å². The third-order valence-corrected chi connectivity index (χ3v) is 3.96. The predicted molar refractivity (Wildman–Crippen MR) is 91.0 cm³/mol. The van der Waals surface area contributed by atoms with Crippen LogP contribution in [0.5, 0.6) is 0 Å². The van der Waals surface area contributed by atoms with Crippen molar-refractivity contribution in [3.8, 4) is 0 Å². The molecule has 0 radical (unpaired) electrons. The van der Waals surface area contributed by atoms with Gasteiger partial charge in [-0.25, -0.2) is 0 Å². The molecule has 1 amide bonds. The zero-order chi connectivity index (χ0) is 17.0. The van der Waals surface area contributed by atoms with E-state index in [-0.39, 0.29) is 12.5 Å². The van der Waals surface area contributed by atoms with Crippen LogP contribution in [0.1, 0.15) is 23.6 Å². The minimum atomic E-state index is -1.18. The van der Waals surface area contributed by atoms with Gasteiger partial charge in [-0.3, -0.25) is 9.48 Å². The number of hydrogen-bond donors (Lipinski definition) is 2. The minimum Gasteiger partial charge on any atom is -0.383 e. The number of rotatable bonds is 5. The van der Waals surface area contributed by atoms with Crippen LogP contribution in [-0.4, -0.2) is 27.3 Å². The highest BCUT2D eigenvalue weighted by Crippen LogP contribution is 2.19. The van der Waals surface area contributed by atoms with Crippen molar-refractivity contribution in [3.05, 3.63) is 58.4 Å². The molecule has 0 bridgehead atoms. The van der Waals surface area contributed by atoms with Crippen molar-refractivity contribution in [2.45, 2.75) is 19.4 Å². The topological polar surface area (TPSA) is 67.2 Å². The monoisotopic (exact) mass is 333 g/mol. The molecule has 2 rings (SSSR count). The van der Waals surface area contributed by atoms with Crippen LogP contribution >= 0.6 is 11.6 Å². The number of benzene rings is 1. The molecule has 1 aromatic heterocycles. The molecule has 122 valence electrons. The molecule has 2 aromatic rings. The number of nitrogens with zero attached hydrogens (tertiary/aromatic N) is 2. The molecule has 2 N–H and O–H groups in total. The van der Waals surface area contributed by atoms with Gasteiger partial charge in [-0.2, -0.15) is 5.10 Å². The SMILES string of the molecule is Cc1ccc(C=CC(=O)NCC(C)(O)c2cnn(C)c2)cc1Cl. The standard InChI is InChI=1S/C17H20ClN3O2/c1-12-4-5-13(8-15(12)18)6-7-16(22)19-11-17(2,23)14-9-20-21(3)10-14/h4-10,23H,11H2,1-3H3,(H,19,22). The smallest absolute Gasteiger partial charge is 0.244 e. The van der Waals surface area contributed by atoms with Crippen molar-refractivity contribution in [2.24, 2.45) is 7.05 Å². The van der Waals surface area contributed by atoms with Crippen LogP contribution in [0.4, 0.5) is 0 Å². The predicted octanol–water partition coefficient (Wildman–Crippen LogP) is 2.42. The molecule has 23 heavy (non-hydrogen) atoms. The fraction of sp³-hybridized carbons (Fsp3) is 0.294. The molecule has 1 unspecified atom stereocenters. The summed E-state index contributed by atoms with van der Waals surface area (Å²) in [6.07, 6.45) is 6.40. The van der Waals surface area contributed by atoms with Crippen molar-refractivity contribution in [3.63, 3.8) is 0 Å². The highest BCUT2D eigenvalue weighted by Gasteiger charge is 2.24. The molecule has 1 heterocycles. The van der Waals surface area contributed by atoms with Crippen LogP contribution in [0.15, 0.2) is 36.7 Å². The van der Waals surface area contributed by atoms with Gasteiger partial charge in [0.15, 0.2) is 0 Å². The molecular formula is C17H20ClN3O2. The number of carbonyl (C=O) groups excluding carboxylic acids is 1. The molecule has 0 aliphatic carbocycles. The van der Waals surface area contributed by atoms with Crippen LogP contribution in [0.3, 0.4) is 0 Å². The van der Waals surface area contributed by atoms with Crippen molar-refractivity contribution in [1.29, 1.82) is 0 Å². The Morgan fingerprint density at radius 1 is 1.52 bits per heavy atom. The number of halogens is 1. The van der Waals surface area contributed by atoms with Gasteiger partial charge in [0.1, 0.15) is 5.60 Å². The molecule has 0 aliphatic rings. The molecule has 1 aromatic carbocycles. The molecule has 0 aliphatic heterocycles. The molecule has 1 atom stereocenters. The van der Waals surface area contributed by atoms with Gasteiger partial charge in [0.05, 0.1) is 12.7 Å².